The summed E-state index contributed by atoms with van der Waals surface area (Å²) in [5.41, 5.74) is 7.05. The predicted octanol–water partition coefficient (Wildman–Crippen LogP) is 5.18. The first kappa shape index (κ1) is 14.6. The van der Waals surface area contributed by atoms with E-state index in [0.717, 1.165) is 25.0 Å². The highest BCUT2D eigenvalue weighted by atomic mass is 79.9. The molecule has 1 unspecified atom stereocenters. The summed E-state index contributed by atoms with van der Waals surface area (Å²) >= 11 is 4.88. The van der Waals surface area contributed by atoms with Crippen LogP contribution in [0, 0.1) is 11.6 Å². The summed E-state index contributed by atoms with van der Waals surface area (Å²) in [6.07, 6.45) is 0.521. The lowest BCUT2D eigenvalue weighted by Gasteiger charge is -2.11. The highest BCUT2D eigenvalue weighted by Crippen LogP contribution is 2.32. The average molecular weight is 368 g/mol. The molecule has 2 N–H and O–H groups in total. The van der Waals surface area contributed by atoms with Crippen molar-refractivity contribution < 1.29 is 8.78 Å². The molecule has 0 saturated heterocycles. The number of fused-ring (bicyclic) bond motifs is 1. The molecule has 108 valence electrons. The largest absolute Gasteiger partial charge is 0.323 e. The van der Waals surface area contributed by atoms with E-state index in [1.807, 2.05) is 6.07 Å². The van der Waals surface area contributed by atoms with Crippen LogP contribution in [0.1, 0.15) is 16.5 Å². The van der Waals surface area contributed by atoms with E-state index >= 15 is 0 Å². The standard InChI is InChI=1S/C16H12BrF2NS/c17-13-4-3-11(18)5-10(13)6-14(20)16-7-9-1-2-12(19)8-15(9)21-16/h1-5,7-8,14H,6,20H2. The summed E-state index contributed by atoms with van der Waals surface area (Å²) < 4.78 is 28.2. The van der Waals surface area contributed by atoms with Gasteiger partial charge in [-0.25, -0.2) is 8.78 Å². The molecule has 0 bridgehead atoms. The van der Waals surface area contributed by atoms with Crippen LogP contribution in [0.2, 0.25) is 0 Å². The molecule has 1 heterocycles. The Morgan fingerprint density at radius 3 is 2.57 bits per heavy atom. The van der Waals surface area contributed by atoms with E-state index in [2.05, 4.69) is 15.9 Å². The highest BCUT2D eigenvalue weighted by Gasteiger charge is 2.13. The van der Waals surface area contributed by atoms with E-state index in [4.69, 9.17) is 5.73 Å². The second-order valence-electron chi connectivity index (χ2n) is 4.88. The van der Waals surface area contributed by atoms with E-state index in [-0.39, 0.29) is 17.7 Å². The van der Waals surface area contributed by atoms with Gasteiger partial charge in [0.25, 0.3) is 0 Å². The van der Waals surface area contributed by atoms with Crippen molar-refractivity contribution in [3.05, 3.63) is 69.0 Å². The maximum absolute atomic E-state index is 13.3. The first-order chi connectivity index (χ1) is 10.0. The van der Waals surface area contributed by atoms with Gasteiger partial charge in [0.15, 0.2) is 0 Å². The second kappa shape index (κ2) is 5.83. The lowest BCUT2D eigenvalue weighted by atomic mass is 10.0. The fourth-order valence-corrected chi connectivity index (χ4v) is 3.74. The van der Waals surface area contributed by atoms with Crippen molar-refractivity contribution in [1.82, 2.24) is 0 Å². The first-order valence-electron chi connectivity index (χ1n) is 6.41. The molecule has 0 radical (unpaired) electrons. The molecule has 0 fully saturated rings. The quantitative estimate of drug-likeness (QED) is 0.677. The number of thiophene rings is 1. The lowest BCUT2D eigenvalue weighted by Crippen LogP contribution is -2.12. The molecule has 1 atom stereocenters. The van der Waals surface area contributed by atoms with Gasteiger partial charge in [0, 0.05) is 20.1 Å². The van der Waals surface area contributed by atoms with Crippen LogP contribution < -0.4 is 5.73 Å². The van der Waals surface area contributed by atoms with E-state index in [1.165, 1.54) is 35.6 Å². The normalized spacial score (nSPS) is 12.8. The molecule has 3 rings (SSSR count). The number of halogens is 3. The predicted molar refractivity (Wildman–Crippen MR) is 86.5 cm³/mol. The van der Waals surface area contributed by atoms with Crippen molar-refractivity contribution in [2.24, 2.45) is 5.73 Å². The zero-order valence-corrected chi connectivity index (χ0v) is 13.3. The molecule has 1 aromatic heterocycles. The molecule has 5 heteroatoms. The van der Waals surface area contributed by atoms with Crippen molar-refractivity contribution in [3.8, 4) is 0 Å². The van der Waals surface area contributed by atoms with E-state index in [0.29, 0.717) is 6.42 Å². The maximum atomic E-state index is 13.3. The summed E-state index contributed by atoms with van der Waals surface area (Å²) in [6, 6.07) is 11.0. The van der Waals surface area contributed by atoms with Crippen molar-refractivity contribution in [3.63, 3.8) is 0 Å². The van der Waals surface area contributed by atoms with Crippen LogP contribution in [-0.4, -0.2) is 0 Å². The molecule has 3 aromatic rings. The summed E-state index contributed by atoms with van der Waals surface area (Å²) in [7, 11) is 0. The van der Waals surface area contributed by atoms with E-state index < -0.39 is 0 Å². The van der Waals surface area contributed by atoms with Crippen molar-refractivity contribution >= 4 is 37.4 Å². The third-order valence-electron chi connectivity index (χ3n) is 3.31. The van der Waals surface area contributed by atoms with Gasteiger partial charge < -0.3 is 5.73 Å². The van der Waals surface area contributed by atoms with Crippen LogP contribution in [0.25, 0.3) is 10.1 Å². The Bertz CT molecular complexity index is 800. The molecule has 0 spiro atoms. The van der Waals surface area contributed by atoms with Crippen LogP contribution in [0.15, 0.2) is 46.9 Å². The molecule has 0 aliphatic rings. The number of hydrogen-bond donors (Lipinski definition) is 1. The molecular weight excluding hydrogens is 356 g/mol. The van der Waals surface area contributed by atoms with Gasteiger partial charge in [0.05, 0.1) is 0 Å². The summed E-state index contributed by atoms with van der Waals surface area (Å²) in [5.74, 6) is -0.531. The van der Waals surface area contributed by atoms with Crippen molar-refractivity contribution in [2.45, 2.75) is 12.5 Å². The SMILES string of the molecule is NC(Cc1cc(F)ccc1Br)c1cc2ccc(F)cc2s1. The Balaban J connectivity index is 1.89. The summed E-state index contributed by atoms with van der Waals surface area (Å²) in [5, 5.41) is 0.977. The fourth-order valence-electron chi connectivity index (χ4n) is 2.25. The monoisotopic (exact) mass is 367 g/mol. The smallest absolute Gasteiger partial charge is 0.124 e. The van der Waals surface area contributed by atoms with Crippen LogP contribution in [0.5, 0.6) is 0 Å². The summed E-state index contributed by atoms with van der Waals surface area (Å²) in [6.45, 7) is 0. The Labute approximate surface area is 133 Å². The van der Waals surface area contributed by atoms with Crippen LogP contribution in [0.4, 0.5) is 8.78 Å². The van der Waals surface area contributed by atoms with Gasteiger partial charge in [-0.2, -0.15) is 0 Å². The van der Waals surface area contributed by atoms with Crippen LogP contribution in [0.3, 0.4) is 0 Å². The third kappa shape index (κ3) is 3.15. The van der Waals surface area contributed by atoms with Gasteiger partial charge in [-0.05, 0) is 53.8 Å². The molecule has 0 aliphatic heterocycles. The lowest BCUT2D eigenvalue weighted by molar-refractivity contribution is 0.622. The first-order valence-corrected chi connectivity index (χ1v) is 8.02. The number of rotatable bonds is 3. The fraction of sp³-hybridized carbons (Fsp3) is 0.125. The van der Waals surface area contributed by atoms with Gasteiger partial charge in [-0.1, -0.05) is 22.0 Å². The van der Waals surface area contributed by atoms with E-state index in [9.17, 15) is 8.78 Å². The Morgan fingerprint density at radius 1 is 1.05 bits per heavy atom. The molecule has 0 aliphatic carbocycles. The molecule has 2 aromatic carbocycles. The average Bonchev–Trinajstić information content (AvgIpc) is 2.86. The number of benzene rings is 2. The third-order valence-corrected chi connectivity index (χ3v) is 5.32. The summed E-state index contributed by atoms with van der Waals surface area (Å²) in [4.78, 5) is 0.965. The Morgan fingerprint density at radius 2 is 1.76 bits per heavy atom. The zero-order valence-electron chi connectivity index (χ0n) is 10.9. The Hall–Kier alpha value is -1.30. The van der Waals surface area contributed by atoms with Gasteiger partial charge in [-0.3, -0.25) is 0 Å². The minimum absolute atomic E-state index is 0.247. The van der Waals surface area contributed by atoms with Gasteiger partial charge in [-0.15, -0.1) is 11.3 Å². The van der Waals surface area contributed by atoms with Gasteiger partial charge in [0.1, 0.15) is 11.6 Å². The van der Waals surface area contributed by atoms with Gasteiger partial charge >= 0.3 is 0 Å². The van der Waals surface area contributed by atoms with Gasteiger partial charge in [0.2, 0.25) is 0 Å². The van der Waals surface area contributed by atoms with E-state index in [1.54, 1.807) is 12.1 Å². The van der Waals surface area contributed by atoms with Crippen molar-refractivity contribution in [2.75, 3.05) is 0 Å². The van der Waals surface area contributed by atoms with Crippen LogP contribution >= 0.6 is 27.3 Å². The maximum Gasteiger partial charge on any atom is 0.124 e. The van der Waals surface area contributed by atoms with Crippen LogP contribution in [-0.2, 0) is 6.42 Å². The Kier molecular flexibility index (Phi) is 4.06. The highest BCUT2D eigenvalue weighted by molar-refractivity contribution is 9.10. The molecule has 0 saturated carbocycles. The topological polar surface area (TPSA) is 26.0 Å². The molecular formula is C16H12BrF2NS. The second-order valence-corrected chi connectivity index (χ2v) is 6.85. The molecule has 21 heavy (non-hydrogen) atoms. The molecule has 0 amide bonds. The van der Waals surface area contributed by atoms with Crippen molar-refractivity contribution in [1.29, 1.82) is 0 Å². The zero-order chi connectivity index (χ0) is 15.0. The number of hydrogen-bond acceptors (Lipinski definition) is 2. The minimum atomic E-state index is -0.279. The number of nitrogens with two attached hydrogens (primary N) is 1. The molecule has 1 nitrogen and oxygen atoms in total. The minimum Gasteiger partial charge on any atom is -0.323 e.